The zero-order valence-corrected chi connectivity index (χ0v) is 13.9. The molecule has 0 aliphatic heterocycles. The van der Waals surface area contributed by atoms with Gasteiger partial charge < -0.3 is 9.84 Å². The van der Waals surface area contributed by atoms with Crippen LogP contribution >= 0.6 is 34.8 Å². The van der Waals surface area contributed by atoms with E-state index in [9.17, 15) is 9.90 Å². The molecule has 0 unspecified atom stereocenters. The number of hydrogen-bond acceptors (Lipinski definition) is 2. The van der Waals surface area contributed by atoms with Crippen molar-refractivity contribution in [2.75, 3.05) is 0 Å². The van der Waals surface area contributed by atoms with Gasteiger partial charge in [-0.1, -0.05) is 34.8 Å². The molecule has 0 saturated heterocycles. The Labute approximate surface area is 143 Å². The zero-order chi connectivity index (χ0) is 16.3. The fourth-order valence-electron chi connectivity index (χ4n) is 1.98. The molecule has 3 nitrogen and oxygen atoms in total. The number of rotatable bonds is 5. The normalized spacial score (nSPS) is 12.0. The van der Waals surface area contributed by atoms with Crippen LogP contribution in [0.4, 0.5) is 0 Å². The smallest absolute Gasteiger partial charge is 0.345 e. The molecule has 0 fully saturated rings. The molecular weight excluding hydrogens is 347 g/mol. The Morgan fingerprint density at radius 1 is 1.14 bits per heavy atom. The second-order valence-corrected chi connectivity index (χ2v) is 6.12. The summed E-state index contributed by atoms with van der Waals surface area (Å²) >= 11 is 17.8. The Balaban J connectivity index is 2.19. The van der Waals surface area contributed by atoms with Gasteiger partial charge in [0.25, 0.3) is 0 Å². The number of ether oxygens (including phenoxy) is 1. The molecule has 2 aromatic rings. The highest BCUT2D eigenvalue weighted by molar-refractivity contribution is 6.34. The summed E-state index contributed by atoms with van der Waals surface area (Å²) in [7, 11) is 0. The summed E-state index contributed by atoms with van der Waals surface area (Å²) in [6.45, 7) is 1.82. The summed E-state index contributed by atoms with van der Waals surface area (Å²) in [5.41, 5.74) is 1.50. The van der Waals surface area contributed by atoms with Gasteiger partial charge in [0.1, 0.15) is 5.75 Å². The van der Waals surface area contributed by atoms with Gasteiger partial charge in [-0.2, -0.15) is 0 Å². The minimum absolute atomic E-state index is 0.150. The molecule has 0 heterocycles. The van der Waals surface area contributed by atoms with Crippen molar-refractivity contribution in [1.29, 1.82) is 0 Å². The lowest BCUT2D eigenvalue weighted by Crippen LogP contribution is -2.29. The van der Waals surface area contributed by atoms with E-state index in [1.807, 2.05) is 6.92 Å². The molecule has 0 spiro atoms. The average Bonchev–Trinajstić information content (AvgIpc) is 2.41. The minimum Gasteiger partial charge on any atom is -0.478 e. The van der Waals surface area contributed by atoms with E-state index in [0.29, 0.717) is 26.4 Å². The summed E-state index contributed by atoms with van der Waals surface area (Å²) in [5.74, 6) is -0.619. The van der Waals surface area contributed by atoms with Crippen LogP contribution in [0.1, 0.15) is 11.1 Å². The largest absolute Gasteiger partial charge is 0.478 e. The van der Waals surface area contributed by atoms with Crippen molar-refractivity contribution in [3.05, 3.63) is 62.6 Å². The van der Waals surface area contributed by atoms with Crippen molar-refractivity contribution in [2.45, 2.75) is 19.4 Å². The van der Waals surface area contributed by atoms with Gasteiger partial charge in [-0.3, -0.25) is 0 Å². The monoisotopic (exact) mass is 358 g/mol. The minimum atomic E-state index is -1.07. The highest BCUT2D eigenvalue weighted by Crippen LogP contribution is 2.24. The van der Waals surface area contributed by atoms with E-state index in [1.54, 1.807) is 36.4 Å². The number of aliphatic carboxylic acids is 1. The molecule has 2 rings (SSSR count). The third-order valence-electron chi connectivity index (χ3n) is 3.03. The maximum atomic E-state index is 11.4. The fourth-order valence-corrected chi connectivity index (χ4v) is 2.67. The second kappa shape index (κ2) is 7.23. The SMILES string of the molecule is Cc1cc(O[C@@H](Cc2cc(Cl)cc(Cl)c2)C(=O)O)ccc1Cl. The Morgan fingerprint density at radius 3 is 2.32 bits per heavy atom. The van der Waals surface area contributed by atoms with Gasteiger partial charge in [0.2, 0.25) is 0 Å². The lowest BCUT2D eigenvalue weighted by molar-refractivity contribution is -0.145. The van der Waals surface area contributed by atoms with Crippen LogP contribution in [-0.2, 0) is 11.2 Å². The summed E-state index contributed by atoms with van der Waals surface area (Å²) in [6, 6.07) is 9.92. The van der Waals surface area contributed by atoms with Crippen molar-refractivity contribution in [1.82, 2.24) is 0 Å². The van der Waals surface area contributed by atoms with Crippen molar-refractivity contribution in [3.8, 4) is 5.75 Å². The van der Waals surface area contributed by atoms with E-state index < -0.39 is 12.1 Å². The van der Waals surface area contributed by atoms with E-state index in [1.165, 1.54) is 0 Å². The molecule has 0 radical (unpaired) electrons. The zero-order valence-electron chi connectivity index (χ0n) is 11.6. The first-order chi connectivity index (χ1) is 10.3. The maximum Gasteiger partial charge on any atom is 0.345 e. The second-order valence-electron chi connectivity index (χ2n) is 4.84. The van der Waals surface area contributed by atoms with E-state index in [4.69, 9.17) is 39.5 Å². The van der Waals surface area contributed by atoms with E-state index >= 15 is 0 Å². The van der Waals surface area contributed by atoms with Crippen LogP contribution in [0.3, 0.4) is 0 Å². The number of carbonyl (C=O) groups is 1. The maximum absolute atomic E-state index is 11.4. The molecule has 0 saturated carbocycles. The van der Waals surface area contributed by atoms with E-state index in [-0.39, 0.29) is 6.42 Å². The summed E-state index contributed by atoms with van der Waals surface area (Å²) in [4.78, 5) is 11.4. The molecule has 1 atom stereocenters. The first kappa shape index (κ1) is 16.9. The number of benzene rings is 2. The topological polar surface area (TPSA) is 46.5 Å². The number of halogens is 3. The van der Waals surface area contributed by atoms with Crippen LogP contribution in [0.25, 0.3) is 0 Å². The number of aryl methyl sites for hydroxylation is 1. The molecule has 116 valence electrons. The van der Waals surface area contributed by atoms with Crippen molar-refractivity contribution in [3.63, 3.8) is 0 Å². The first-order valence-electron chi connectivity index (χ1n) is 6.46. The molecular formula is C16H13Cl3O3. The molecule has 1 N–H and O–H groups in total. The standard InChI is InChI=1S/C16H13Cl3O3/c1-9-4-13(2-3-14(9)19)22-15(16(20)21)7-10-5-11(17)8-12(18)6-10/h2-6,8,15H,7H2,1H3,(H,20,21)/t15-/m0/s1. The van der Waals surface area contributed by atoms with E-state index in [0.717, 1.165) is 5.56 Å². The number of hydrogen-bond donors (Lipinski definition) is 1. The van der Waals surface area contributed by atoms with Crippen molar-refractivity contribution >= 4 is 40.8 Å². The molecule has 0 aromatic heterocycles. The van der Waals surface area contributed by atoms with Crippen molar-refractivity contribution < 1.29 is 14.6 Å². The molecule has 0 amide bonds. The van der Waals surface area contributed by atoms with Crippen LogP contribution in [0.5, 0.6) is 5.75 Å². The summed E-state index contributed by atoms with van der Waals surface area (Å²) < 4.78 is 5.55. The van der Waals surface area contributed by atoms with Crippen LogP contribution in [0.2, 0.25) is 15.1 Å². The number of carboxylic acid groups (broad SMARTS) is 1. The lowest BCUT2D eigenvalue weighted by Gasteiger charge is -2.16. The summed E-state index contributed by atoms with van der Waals surface area (Å²) in [5, 5.41) is 10.8. The highest BCUT2D eigenvalue weighted by atomic mass is 35.5. The third kappa shape index (κ3) is 4.54. The van der Waals surface area contributed by atoms with Crippen LogP contribution < -0.4 is 4.74 Å². The molecule has 0 bridgehead atoms. The van der Waals surface area contributed by atoms with Gasteiger partial charge in [0, 0.05) is 21.5 Å². The van der Waals surface area contributed by atoms with Gasteiger partial charge in [-0.05, 0) is 54.4 Å². The van der Waals surface area contributed by atoms with Gasteiger partial charge in [-0.25, -0.2) is 4.79 Å². The Kier molecular flexibility index (Phi) is 5.57. The third-order valence-corrected chi connectivity index (χ3v) is 3.89. The van der Waals surface area contributed by atoms with Crippen LogP contribution in [0, 0.1) is 6.92 Å². The lowest BCUT2D eigenvalue weighted by atomic mass is 10.1. The molecule has 2 aromatic carbocycles. The van der Waals surface area contributed by atoms with Gasteiger partial charge in [-0.15, -0.1) is 0 Å². The Hall–Kier alpha value is -1.42. The number of carboxylic acids is 1. The van der Waals surface area contributed by atoms with Crippen LogP contribution in [0.15, 0.2) is 36.4 Å². The van der Waals surface area contributed by atoms with Crippen molar-refractivity contribution in [2.24, 2.45) is 0 Å². The van der Waals surface area contributed by atoms with Gasteiger partial charge in [0.05, 0.1) is 0 Å². The highest BCUT2D eigenvalue weighted by Gasteiger charge is 2.21. The van der Waals surface area contributed by atoms with Gasteiger partial charge in [0.15, 0.2) is 6.10 Å². The summed E-state index contributed by atoms with van der Waals surface area (Å²) in [6.07, 6.45) is -0.896. The Morgan fingerprint density at radius 2 is 1.77 bits per heavy atom. The predicted molar refractivity (Wildman–Crippen MR) is 88.4 cm³/mol. The quantitative estimate of drug-likeness (QED) is 0.814. The first-order valence-corrected chi connectivity index (χ1v) is 7.59. The fraction of sp³-hybridized carbons (Fsp3) is 0.188. The molecule has 0 aliphatic rings. The predicted octanol–water partition coefficient (Wildman–Crippen LogP) is 5.03. The van der Waals surface area contributed by atoms with E-state index in [2.05, 4.69) is 0 Å². The molecule has 0 aliphatic carbocycles. The molecule has 22 heavy (non-hydrogen) atoms. The average molecular weight is 360 g/mol. The van der Waals surface area contributed by atoms with Gasteiger partial charge >= 0.3 is 5.97 Å². The molecule has 6 heteroatoms. The van der Waals surface area contributed by atoms with Crippen LogP contribution in [-0.4, -0.2) is 17.2 Å². The Bertz CT molecular complexity index is 681.